The Morgan fingerprint density at radius 2 is 1.49 bits per heavy atom. The number of hydrogen-bond acceptors (Lipinski definition) is 7. The van der Waals surface area contributed by atoms with Crippen molar-refractivity contribution in [2.45, 2.75) is 57.9 Å². The van der Waals surface area contributed by atoms with Crippen molar-refractivity contribution in [3.8, 4) is 0 Å². The van der Waals surface area contributed by atoms with Crippen LogP contribution in [0.4, 0.5) is 0 Å². The summed E-state index contributed by atoms with van der Waals surface area (Å²) in [4.78, 5) is 27.5. The molecule has 0 spiro atoms. The summed E-state index contributed by atoms with van der Waals surface area (Å²) >= 11 is 1.42. The van der Waals surface area contributed by atoms with Gasteiger partial charge in [-0.3, -0.25) is 9.59 Å². The molecule has 6 nitrogen and oxygen atoms in total. The molecule has 2 heterocycles. The van der Waals surface area contributed by atoms with E-state index in [-0.39, 0.29) is 19.3 Å². The molecule has 1 fully saturated rings. The highest BCUT2D eigenvalue weighted by Crippen LogP contribution is 2.35. The SMILES string of the molecule is C[C@H]1CCC[C@@H](O[C@H](c2cccs2)C(C(=O)OCc2ccccc2)C(=O)OCc2ccccc2)O1. The van der Waals surface area contributed by atoms with E-state index in [2.05, 4.69) is 0 Å². The molecule has 0 radical (unpaired) electrons. The van der Waals surface area contributed by atoms with Crippen molar-refractivity contribution in [1.29, 1.82) is 0 Å². The molecule has 0 bridgehead atoms. The van der Waals surface area contributed by atoms with Crippen LogP contribution in [-0.2, 0) is 41.8 Å². The minimum Gasteiger partial charge on any atom is -0.460 e. The van der Waals surface area contributed by atoms with E-state index in [1.165, 1.54) is 11.3 Å². The lowest BCUT2D eigenvalue weighted by atomic mass is 10.0. The topological polar surface area (TPSA) is 71.1 Å². The first-order valence-electron chi connectivity index (χ1n) is 11.9. The fourth-order valence-electron chi connectivity index (χ4n) is 3.97. The normalized spacial score (nSPS) is 18.7. The van der Waals surface area contributed by atoms with E-state index in [1.54, 1.807) is 0 Å². The second kappa shape index (κ2) is 12.6. The number of hydrogen-bond donors (Lipinski definition) is 0. The van der Waals surface area contributed by atoms with Gasteiger partial charge in [-0.05, 0) is 48.8 Å². The first-order chi connectivity index (χ1) is 17.1. The van der Waals surface area contributed by atoms with E-state index in [9.17, 15) is 9.59 Å². The predicted octanol–water partition coefficient (Wildman–Crippen LogP) is 5.82. The molecular weight excluding hydrogens is 464 g/mol. The highest BCUT2D eigenvalue weighted by Gasteiger charge is 2.42. The molecule has 7 heteroatoms. The molecule has 3 aromatic rings. The molecule has 0 unspecified atom stereocenters. The molecule has 3 atom stereocenters. The molecule has 1 aliphatic heterocycles. The summed E-state index contributed by atoms with van der Waals surface area (Å²) in [6.45, 7) is 2.10. The number of thiophene rings is 1. The molecule has 0 aliphatic carbocycles. The van der Waals surface area contributed by atoms with Crippen LogP contribution in [0.25, 0.3) is 0 Å². The van der Waals surface area contributed by atoms with Crippen LogP contribution in [0.3, 0.4) is 0 Å². The minimum absolute atomic E-state index is 0.0475. The Labute approximate surface area is 209 Å². The molecule has 1 aliphatic rings. The van der Waals surface area contributed by atoms with Gasteiger partial charge in [0.05, 0.1) is 6.10 Å². The Morgan fingerprint density at radius 3 is 2.00 bits per heavy atom. The summed E-state index contributed by atoms with van der Waals surface area (Å²) in [5.41, 5.74) is 1.66. The smallest absolute Gasteiger partial charge is 0.323 e. The van der Waals surface area contributed by atoms with Crippen LogP contribution in [0.1, 0.15) is 48.3 Å². The summed E-state index contributed by atoms with van der Waals surface area (Å²) in [6.07, 6.45) is 1.24. The van der Waals surface area contributed by atoms with E-state index in [0.29, 0.717) is 6.42 Å². The minimum atomic E-state index is -1.29. The van der Waals surface area contributed by atoms with Gasteiger partial charge in [0.2, 0.25) is 0 Å². The molecule has 184 valence electrons. The molecule has 0 N–H and O–H groups in total. The molecular formula is C28H30O6S. The van der Waals surface area contributed by atoms with Gasteiger partial charge in [-0.2, -0.15) is 0 Å². The van der Waals surface area contributed by atoms with Crippen LogP contribution in [-0.4, -0.2) is 24.3 Å². The summed E-state index contributed by atoms with van der Waals surface area (Å²) in [7, 11) is 0. The first kappa shape index (κ1) is 25.1. The third-order valence-corrected chi connectivity index (χ3v) is 6.75. The van der Waals surface area contributed by atoms with Gasteiger partial charge in [0.1, 0.15) is 19.3 Å². The standard InChI is InChI=1S/C28H30O6S/c1-20-10-8-16-24(33-20)34-26(23-15-9-17-35-23)25(27(29)31-18-21-11-4-2-5-12-21)28(30)32-19-22-13-6-3-7-14-22/h2-7,9,11-15,17,20,24-26H,8,10,16,18-19H2,1H3/t20-,24+,26+/m0/s1. The zero-order chi connectivity index (χ0) is 24.5. The Kier molecular flexibility index (Phi) is 9.06. The summed E-state index contributed by atoms with van der Waals surface area (Å²) < 4.78 is 23.5. The maximum atomic E-state index is 13.4. The third kappa shape index (κ3) is 7.24. The third-order valence-electron chi connectivity index (χ3n) is 5.82. The highest BCUT2D eigenvalue weighted by molar-refractivity contribution is 7.10. The molecule has 35 heavy (non-hydrogen) atoms. The van der Waals surface area contributed by atoms with Crippen LogP contribution in [0, 0.1) is 5.92 Å². The molecule has 2 aromatic carbocycles. The van der Waals surface area contributed by atoms with Crippen molar-refractivity contribution in [2.24, 2.45) is 5.92 Å². The van der Waals surface area contributed by atoms with E-state index < -0.39 is 30.3 Å². The van der Waals surface area contributed by atoms with E-state index in [0.717, 1.165) is 28.8 Å². The maximum absolute atomic E-state index is 13.4. The van der Waals surface area contributed by atoms with Crippen LogP contribution in [0.5, 0.6) is 0 Å². The van der Waals surface area contributed by atoms with Gasteiger partial charge in [0.15, 0.2) is 12.2 Å². The van der Waals surface area contributed by atoms with Crippen molar-refractivity contribution in [3.05, 3.63) is 94.2 Å². The van der Waals surface area contributed by atoms with Crippen molar-refractivity contribution in [2.75, 3.05) is 0 Å². The lowest BCUT2D eigenvalue weighted by molar-refractivity contribution is -0.226. The van der Waals surface area contributed by atoms with Gasteiger partial charge in [-0.25, -0.2) is 0 Å². The van der Waals surface area contributed by atoms with Gasteiger partial charge in [0, 0.05) is 4.88 Å². The fourth-order valence-corrected chi connectivity index (χ4v) is 4.77. The lowest BCUT2D eigenvalue weighted by Gasteiger charge is -2.32. The van der Waals surface area contributed by atoms with E-state index in [4.69, 9.17) is 18.9 Å². The lowest BCUT2D eigenvalue weighted by Crippen LogP contribution is -2.38. The quantitative estimate of drug-likeness (QED) is 0.261. The number of carbonyl (C=O) groups is 2. The summed E-state index contributed by atoms with van der Waals surface area (Å²) in [5, 5.41) is 1.89. The largest absolute Gasteiger partial charge is 0.460 e. The first-order valence-corrected chi connectivity index (χ1v) is 12.7. The molecule has 1 aromatic heterocycles. The molecule has 0 amide bonds. The van der Waals surface area contributed by atoms with Crippen molar-refractivity contribution < 1.29 is 28.5 Å². The van der Waals surface area contributed by atoms with Gasteiger partial charge in [-0.1, -0.05) is 66.7 Å². The number of esters is 2. The Morgan fingerprint density at radius 1 is 0.886 bits per heavy atom. The Balaban J connectivity index is 1.56. The Hall–Kier alpha value is -3.00. The average Bonchev–Trinajstić information content (AvgIpc) is 3.42. The van der Waals surface area contributed by atoms with Crippen LogP contribution in [0.2, 0.25) is 0 Å². The molecule has 1 saturated heterocycles. The number of ether oxygens (including phenoxy) is 4. The molecule has 4 rings (SSSR count). The monoisotopic (exact) mass is 494 g/mol. The number of rotatable bonds is 10. The van der Waals surface area contributed by atoms with Crippen LogP contribution in [0.15, 0.2) is 78.2 Å². The predicted molar refractivity (Wildman–Crippen MR) is 132 cm³/mol. The second-order valence-electron chi connectivity index (χ2n) is 8.54. The van der Waals surface area contributed by atoms with Gasteiger partial charge < -0.3 is 18.9 Å². The Bertz CT molecular complexity index is 998. The highest BCUT2D eigenvalue weighted by atomic mass is 32.1. The van der Waals surface area contributed by atoms with Crippen LogP contribution >= 0.6 is 11.3 Å². The average molecular weight is 495 g/mol. The molecule has 0 saturated carbocycles. The van der Waals surface area contributed by atoms with Gasteiger partial charge in [0.25, 0.3) is 0 Å². The number of benzene rings is 2. The van der Waals surface area contributed by atoms with E-state index in [1.807, 2.05) is 85.1 Å². The van der Waals surface area contributed by atoms with Gasteiger partial charge >= 0.3 is 11.9 Å². The maximum Gasteiger partial charge on any atom is 0.323 e. The number of carbonyl (C=O) groups excluding carboxylic acids is 2. The van der Waals surface area contributed by atoms with Crippen LogP contribution < -0.4 is 0 Å². The van der Waals surface area contributed by atoms with Gasteiger partial charge in [-0.15, -0.1) is 11.3 Å². The summed E-state index contributed by atoms with van der Waals surface area (Å²) in [5.74, 6) is -2.66. The van der Waals surface area contributed by atoms with Crippen molar-refractivity contribution in [3.63, 3.8) is 0 Å². The zero-order valence-corrected chi connectivity index (χ0v) is 20.5. The van der Waals surface area contributed by atoms with Crippen molar-refractivity contribution in [1.82, 2.24) is 0 Å². The summed E-state index contributed by atoms with van der Waals surface area (Å²) in [6, 6.07) is 22.4. The fraction of sp³-hybridized carbons (Fsp3) is 0.357. The zero-order valence-electron chi connectivity index (χ0n) is 19.7. The van der Waals surface area contributed by atoms with Crippen molar-refractivity contribution >= 4 is 23.3 Å². The second-order valence-corrected chi connectivity index (χ2v) is 9.52. The van der Waals surface area contributed by atoms with E-state index >= 15 is 0 Å².